The first-order valence-electron chi connectivity index (χ1n) is 19.8. The fourth-order valence-electron chi connectivity index (χ4n) is 6.86. The number of hydrogen-bond acceptors (Lipinski definition) is 7. The highest BCUT2D eigenvalue weighted by atomic mass is 35.5. The molecule has 0 unspecified atom stereocenters. The number of aromatic amines is 1. The summed E-state index contributed by atoms with van der Waals surface area (Å²) >= 11 is 17.0. The standard InChI is InChI=1S/C18H22F2N4.C12H15ClF2N2.C6H5Cl2N.C6H8N2/c1-12-10-16(21-14-4-7-18(19,20)8-5-14)22-17(11-12)24-9-6-15(23-24)13-2-3-13;1-8-6-10(13)17-11(7-8)16-9-2-4-12(14,15)5-3-9;1-4-2-5(7)9-6(8)3-4;1-2-5(1)6-3-4-7-8-6/h6,9-11,13-14H,2-5,7-8H2,1H3,(H,21,22);6-7,9H,2-5H2,1H3,(H,16,17);2-3H,1H3;3-5H,1-2H2,(H,7,8). The highest BCUT2D eigenvalue weighted by Crippen LogP contribution is 2.40. The second-order valence-corrected chi connectivity index (χ2v) is 17.0. The first-order chi connectivity index (χ1) is 27.6. The van der Waals surface area contributed by atoms with E-state index in [2.05, 4.69) is 53.0 Å². The Balaban J connectivity index is 0.000000144. The van der Waals surface area contributed by atoms with Gasteiger partial charge in [-0.1, -0.05) is 34.8 Å². The second kappa shape index (κ2) is 19.4. The lowest BCUT2D eigenvalue weighted by Crippen LogP contribution is -2.32. The minimum Gasteiger partial charge on any atom is -0.367 e. The quantitative estimate of drug-likeness (QED) is 0.110. The first kappa shape index (κ1) is 43.6. The second-order valence-electron chi connectivity index (χ2n) is 15.8. The Bertz CT molecular complexity index is 2000. The van der Waals surface area contributed by atoms with Crippen molar-refractivity contribution in [3.05, 3.63) is 104 Å². The van der Waals surface area contributed by atoms with Gasteiger partial charge in [0, 0.05) is 67.7 Å². The van der Waals surface area contributed by atoms with Crippen LogP contribution in [0.15, 0.2) is 60.9 Å². The number of aryl methyl sites for hydroxylation is 3. The Morgan fingerprint density at radius 2 is 1.10 bits per heavy atom. The normalized spacial score (nSPS) is 18.7. The highest BCUT2D eigenvalue weighted by molar-refractivity contribution is 6.32. The van der Waals surface area contributed by atoms with Crippen molar-refractivity contribution in [2.24, 2.45) is 0 Å². The molecule has 5 heterocycles. The number of H-pyrrole nitrogens is 1. The minimum atomic E-state index is -2.50. The van der Waals surface area contributed by atoms with Gasteiger partial charge >= 0.3 is 0 Å². The van der Waals surface area contributed by atoms with Crippen LogP contribution in [-0.4, -0.2) is 58.9 Å². The van der Waals surface area contributed by atoms with Gasteiger partial charge in [0.05, 0.1) is 5.69 Å². The third-order valence-corrected chi connectivity index (χ3v) is 10.9. The van der Waals surface area contributed by atoms with Crippen molar-refractivity contribution in [3.8, 4) is 5.82 Å². The van der Waals surface area contributed by atoms with Gasteiger partial charge in [0.25, 0.3) is 0 Å². The number of rotatable bonds is 7. The van der Waals surface area contributed by atoms with Crippen LogP contribution in [0.4, 0.5) is 29.2 Å². The third kappa shape index (κ3) is 14.1. The van der Waals surface area contributed by atoms with Gasteiger partial charge in [0.15, 0.2) is 5.82 Å². The summed E-state index contributed by atoms with van der Waals surface area (Å²) in [5.41, 5.74) is 5.55. The molecule has 0 aliphatic heterocycles. The Kier molecular flexibility index (Phi) is 14.6. The van der Waals surface area contributed by atoms with Crippen molar-refractivity contribution in [3.63, 3.8) is 0 Å². The number of nitrogens with one attached hydrogen (secondary N) is 3. The summed E-state index contributed by atoms with van der Waals surface area (Å²) in [5.74, 6) is -1.39. The predicted octanol–water partition coefficient (Wildman–Crippen LogP) is 12.5. The van der Waals surface area contributed by atoms with Gasteiger partial charge in [-0.15, -0.1) is 0 Å². The molecule has 4 saturated carbocycles. The molecular formula is C42H50Cl3F4N9. The molecule has 0 atom stereocenters. The van der Waals surface area contributed by atoms with Crippen molar-refractivity contribution in [2.75, 3.05) is 10.6 Å². The molecule has 4 aliphatic rings. The van der Waals surface area contributed by atoms with E-state index in [0.29, 0.717) is 52.9 Å². The van der Waals surface area contributed by atoms with Crippen LogP contribution < -0.4 is 10.6 Å². The maximum absolute atomic E-state index is 13.3. The average molecular weight is 863 g/mol. The smallest absolute Gasteiger partial charge is 0.248 e. The van der Waals surface area contributed by atoms with Crippen LogP contribution in [0.25, 0.3) is 5.82 Å². The van der Waals surface area contributed by atoms with Crippen molar-refractivity contribution >= 4 is 46.4 Å². The van der Waals surface area contributed by atoms with Gasteiger partial charge in [-0.3, -0.25) is 5.10 Å². The van der Waals surface area contributed by atoms with E-state index in [0.717, 1.165) is 39.9 Å². The van der Waals surface area contributed by atoms with Gasteiger partial charge in [-0.25, -0.2) is 37.2 Å². The lowest BCUT2D eigenvalue weighted by atomic mass is 9.92. The SMILES string of the molecule is Cc1cc(Cl)nc(Cl)c1.Cc1cc(Cl)nc(NC2CCC(F)(F)CC2)c1.Cc1cc(NC2CCC(F)(F)CC2)nc(-n2ccc(C3CC3)n2)c1.c1cc(C2CC2)[nH]n1. The van der Waals surface area contributed by atoms with Crippen molar-refractivity contribution < 1.29 is 17.6 Å². The summed E-state index contributed by atoms with van der Waals surface area (Å²) in [6.07, 6.45) is 10.6. The summed E-state index contributed by atoms with van der Waals surface area (Å²) in [5, 5.41) is 19.2. The molecule has 0 aromatic carbocycles. The number of hydrogen-bond donors (Lipinski definition) is 3. The number of anilines is 2. The lowest BCUT2D eigenvalue weighted by molar-refractivity contribution is -0.0366. The van der Waals surface area contributed by atoms with Crippen LogP contribution in [0.3, 0.4) is 0 Å². The van der Waals surface area contributed by atoms with Crippen LogP contribution in [0, 0.1) is 20.8 Å². The molecule has 5 aromatic heterocycles. The summed E-state index contributed by atoms with van der Waals surface area (Å²) in [6, 6.07) is 15.3. The topological polar surface area (TPSA) is 109 Å². The largest absolute Gasteiger partial charge is 0.367 e. The van der Waals surface area contributed by atoms with E-state index in [1.165, 1.54) is 31.4 Å². The Morgan fingerprint density at radius 1 is 0.621 bits per heavy atom. The zero-order valence-corrected chi connectivity index (χ0v) is 35.2. The first-order valence-corrected chi connectivity index (χ1v) is 21.0. The van der Waals surface area contributed by atoms with E-state index in [4.69, 9.17) is 34.8 Å². The lowest BCUT2D eigenvalue weighted by Gasteiger charge is -2.29. The summed E-state index contributed by atoms with van der Waals surface area (Å²) < 4.78 is 54.3. The molecule has 9 nitrogen and oxygen atoms in total. The number of nitrogens with zero attached hydrogens (tertiary/aromatic N) is 6. The average Bonchev–Trinajstić information content (AvgIpc) is 4.07. The zero-order valence-electron chi connectivity index (χ0n) is 32.9. The van der Waals surface area contributed by atoms with E-state index in [-0.39, 0.29) is 37.8 Å². The van der Waals surface area contributed by atoms with Crippen molar-refractivity contribution in [1.29, 1.82) is 0 Å². The van der Waals surface area contributed by atoms with Crippen LogP contribution in [-0.2, 0) is 0 Å². The van der Waals surface area contributed by atoms with Crippen molar-refractivity contribution in [2.45, 2.75) is 134 Å². The van der Waals surface area contributed by atoms with Gasteiger partial charge in [-0.2, -0.15) is 10.2 Å². The fourth-order valence-corrected chi connectivity index (χ4v) is 7.69. The molecule has 0 radical (unpaired) electrons. The Morgan fingerprint density at radius 3 is 1.57 bits per heavy atom. The molecule has 0 spiro atoms. The molecule has 0 bridgehead atoms. The third-order valence-electron chi connectivity index (χ3n) is 10.3. The fraction of sp³-hybridized carbons (Fsp3) is 0.500. The molecule has 0 saturated heterocycles. The van der Waals surface area contributed by atoms with Crippen LogP contribution >= 0.6 is 34.8 Å². The van der Waals surface area contributed by atoms with Crippen molar-refractivity contribution in [1.82, 2.24) is 34.9 Å². The maximum atomic E-state index is 13.3. The van der Waals surface area contributed by atoms with Gasteiger partial charge < -0.3 is 10.6 Å². The molecule has 9 rings (SSSR count). The maximum Gasteiger partial charge on any atom is 0.248 e. The molecule has 0 amide bonds. The number of alkyl halides is 4. The van der Waals surface area contributed by atoms with Crippen LogP contribution in [0.1, 0.15) is 117 Å². The number of pyridine rings is 3. The molecular weight excluding hydrogens is 813 g/mol. The zero-order chi connectivity index (χ0) is 41.5. The minimum absolute atomic E-state index is 0.0484. The molecule has 16 heteroatoms. The molecule has 5 aromatic rings. The molecule has 4 fully saturated rings. The Hall–Kier alpha value is -3.94. The number of halogens is 7. The van der Waals surface area contributed by atoms with Gasteiger partial charge in [-0.05, 0) is 137 Å². The van der Waals surface area contributed by atoms with E-state index in [1.807, 2.05) is 51.4 Å². The van der Waals surface area contributed by atoms with Gasteiger partial charge in [0.1, 0.15) is 27.1 Å². The van der Waals surface area contributed by atoms with Gasteiger partial charge in [0.2, 0.25) is 11.8 Å². The van der Waals surface area contributed by atoms with Crippen LogP contribution in [0.2, 0.25) is 15.5 Å². The highest BCUT2D eigenvalue weighted by Gasteiger charge is 2.36. The van der Waals surface area contributed by atoms with E-state index in [1.54, 1.807) is 22.9 Å². The van der Waals surface area contributed by atoms with E-state index < -0.39 is 11.8 Å². The summed E-state index contributed by atoms with van der Waals surface area (Å²) in [4.78, 5) is 12.5. The molecule has 3 N–H and O–H groups in total. The molecule has 312 valence electrons. The van der Waals surface area contributed by atoms with E-state index in [9.17, 15) is 17.6 Å². The number of aromatic nitrogens is 7. The molecule has 58 heavy (non-hydrogen) atoms. The summed E-state index contributed by atoms with van der Waals surface area (Å²) in [6.45, 7) is 5.85. The predicted molar refractivity (Wildman–Crippen MR) is 223 cm³/mol. The Labute approximate surface area is 352 Å². The van der Waals surface area contributed by atoms with Crippen LogP contribution in [0.5, 0.6) is 0 Å². The summed E-state index contributed by atoms with van der Waals surface area (Å²) in [7, 11) is 0. The molecule has 4 aliphatic carbocycles. The monoisotopic (exact) mass is 861 g/mol. The van der Waals surface area contributed by atoms with E-state index >= 15 is 0 Å².